The topological polar surface area (TPSA) is 51.2 Å². The van der Waals surface area contributed by atoms with Gasteiger partial charge >= 0.3 is 0 Å². The van der Waals surface area contributed by atoms with E-state index in [0.717, 1.165) is 16.5 Å². The molecule has 2 aromatic carbocycles. The summed E-state index contributed by atoms with van der Waals surface area (Å²) in [5, 5.41) is 3.78. The zero-order valence-electron chi connectivity index (χ0n) is 13.3. The number of halogens is 2. The molecule has 25 heavy (non-hydrogen) atoms. The predicted molar refractivity (Wildman–Crippen MR) is 97.3 cm³/mol. The Balaban J connectivity index is 1.74. The molecule has 0 spiro atoms. The maximum Gasteiger partial charge on any atom is 0.261 e. The van der Waals surface area contributed by atoms with Crippen molar-refractivity contribution < 1.29 is 13.9 Å². The summed E-state index contributed by atoms with van der Waals surface area (Å²) in [6.07, 6.45) is 2.31. The van der Waals surface area contributed by atoms with Crippen molar-refractivity contribution in [3.63, 3.8) is 0 Å². The smallest absolute Gasteiger partial charge is 0.261 e. The highest BCUT2D eigenvalue weighted by molar-refractivity contribution is 7.15. The van der Waals surface area contributed by atoms with E-state index in [1.54, 1.807) is 6.20 Å². The van der Waals surface area contributed by atoms with Crippen LogP contribution in [-0.4, -0.2) is 18.0 Å². The first-order chi connectivity index (χ1) is 12.1. The Morgan fingerprint density at radius 1 is 1.32 bits per heavy atom. The maximum atomic E-state index is 13.4. The van der Waals surface area contributed by atoms with Gasteiger partial charge in [0.2, 0.25) is 0 Å². The number of methoxy groups -OCH3 is 1. The number of nitrogens with one attached hydrogen (secondary N) is 1. The molecule has 0 saturated heterocycles. The minimum absolute atomic E-state index is 0.116. The van der Waals surface area contributed by atoms with Gasteiger partial charge in [-0.3, -0.25) is 10.1 Å². The van der Waals surface area contributed by atoms with E-state index in [4.69, 9.17) is 16.3 Å². The van der Waals surface area contributed by atoms with Crippen LogP contribution in [0.1, 0.15) is 20.8 Å². The fraction of sp³-hybridized carbons (Fsp3) is 0.111. The Bertz CT molecular complexity index is 914. The van der Waals surface area contributed by atoms with Crippen molar-refractivity contribution in [2.75, 3.05) is 12.4 Å². The molecule has 1 aromatic heterocycles. The summed E-state index contributed by atoms with van der Waals surface area (Å²) in [4.78, 5) is 17.5. The highest BCUT2D eigenvalue weighted by atomic mass is 35.5. The number of carbonyl (C=O) groups excluding carboxylic acids is 1. The fourth-order valence-corrected chi connectivity index (χ4v) is 3.33. The molecule has 4 nitrogen and oxygen atoms in total. The maximum absolute atomic E-state index is 13.4. The van der Waals surface area contributed by atoms with Crippen LogP contribution in [-0.2, 0) is 6.42 Å². The SMILES string of the molecule is COc1ccc(F)cc1C(=O)Nc1ncc(Cc2ccccc2Cl)s1. The number of hydrogen-bond acceptors (Lipinski definition) is 4. The number of aromatic nitrogens is 1. The van der Waals surface area contributed by atoms with Crippen LogP contribution in [0.25, 0.3) is 0 Å². The van der Waals surface area contributed by atoms with E-state index < -0.39 is 11.7 Å². The highest BCUT2D eigenvalue weighted by Gasteiger charge is 2.15. The molecule has 0 atom stereocenters. The van der Waals surface area contributed by atoms with E-state index in [-0.39, 0.29) is 5.56 Å². The molecule has 3 aromatic rings. The van der Waals surface area contributed by atoms with Crippen LogP contribution in [0.15, 0.2) is 48.7 Å². The number of rotatable bonds is 5. The van der Waals surface area contributed by atoms with E-state index >= 15 is 0 Å². The zero-order valence-corrected chi connectivity index (χ0v) is 14.8. The molecule has 0 radical (unpaired) electrons. The lowest BCUT2D eigenvalue weighted by molar-refractivity contribution is 0.102. The minimum atomic E-state index is -0.510. The van der Waals surface area contributed by atoms with Crippen LogP contribution < -0.4 is 10.1 Å². The number of hydrogen-bond donors (Lipinski definition) is 1. The Morgan fingerprint density at radius 2 is 2.12 bits per heavy atom. The summed E-state index contributed by atoms with van der Waals surface area (Å²) >= 11 is 7.50. The first-order valence-electron chi connectivity index (χ1n) is 7.40. The summed E-state index contributed by atoms with van der Waals surface area (Å²) in [6, 6.07) is 11.3. The van der Waals surface area contributed by atoms with Crippen LogP contribution in [0.4, 0.5) is 9.52 Å². The molecule has 0 aliphatic carbocycles. The molecule has 128 valence electrons. The van der Waals surface area contributed by atoms with Crippen LogP contribution in [0.5, 0.6) is 5.75 Å². The van der Waals surface area contributed by atoms with Gasteiger partial charge in [0.15, 0.2) is 5.13 Å². The van der Waals surface area contributed by atoms with Gasteiger partial charge in [0.1, 0.15) is 11.6 Å². The molecule has 1 amide bonds. The highest BCUT2D eigenvalue weighted by Crippen LogP contribution is 2.26. The Labute approximate surface area is 153 Å². The van der Waals surface area contributed by atoms with Crippen LogP contribution in [0, 0.1) is 5.82 Å². The molecular weight excluding hydrogens is 363 g/mol. The van der Waals surface area contributed by atoms with Crippen LogP contribution in [0.2, 0.25) is 5.02 Å². The van der Waals surface area contributed by atoms with Crippen molar-refractivity contribution in [2.45, 2.75) is 6.42 Å². The summed E-state index contributed by atoms with van der Waals surface area (Å²) < 4.78 is 18.5. The largest absolute Gasteiger partial charge is 0.496 e. The predicted octanol–water partition coefficient (Wildman–Crippen LogP) is 4.79. The van der Waals surface area contributed by atoms with E-state index in [9.17, 15) is 9.18 Å². The van der Waals surface area contributed by atoms with Crippen molar-refractivity contribution >= 4 is 34.0 Å². The standard InChI is InChI=1S/C18H14ClFN2O2S/c1-24-16-7-6-12(20)9-14(16)17(23)22-18-21-10-13(25-18)8-11-4-2-3-5-15(11)19/h2-7,9-10H,8H2,1H3,(H,21,22,23). The van der Waals surface area contributed by atoms with Gasteiger partial charge in [-0.15, -0.1) is 11.3 Å². The second-order valence-electron chi connectivity index (χ2n) is 5.20. The van der Waals surface area contributed by atoms with Crippen molar-refractivity contribution in [2.24, 2.45) is 0 Å². The Morgan fingerprint density at radius 3 is 2.88 bits per heavy atom. The molecular formula is C18H14ClFN2O2S. The van der Waals surface area contributed by atoms with Gasteiger partial charge in [-0.1, -0.05) is 29.8 Å². The van der Waals surface area contributed by atoms with Crippen molar-refractivity contribution in [1.29, 1.82) is 0 Å². The van der Waals surface area contributed by atoms with Gasteiger partial charge in [0.05, 0.1) is 12.7 Å². The fourth-order valence-electron chi connectivity index (χ4n) is 2.30. The third-order valence-corrected chi connectivity index (χ3v) is 4.78. The Kier molecular flexibility index (Phi) is 5.31. The number of ether oxygens (including phenoxy) is 1. The first kappa shape index (κ1) is 17.4. The number of carbonyl (C=O) groups is 1. The lowest BCUT2D eigenvalue weighted by atomic mass is 10.1. The molecule has 7 heteroatoms. The Hall–Kier alpha value is -2.44. The minimum Gasteiger partial charge on any atom is -0.496 e. The number of nitrogens with zero attached hydrogens (tertiary/aromatic N) is 1. The van der Waals surface area contributed by atoms with E-state index in [1.165, 1.54) is 30.6 Å². The van der Waals surface area contributed by atoms with Gasteiger partial charge in [0.25, 0.3) is 5.91 Å². The van der Waals surface area contributed by atoms with Gasteiger partial charge in [-0.05, 0) is 29.8 Å². The van der Waals surface area contributed by atoms with Crippen LogP contribution in [0.3, 0.4) is 0 Å². The van der Waals surface area contributed by atoms with Crippen molar-refractivity contribution in [1.82, 2.24) is 4.98 Å². The van der Waals surface area contributed by atoms with E-state index in [0.29, 0.717) is 22.3 Å². The summed E-state index contributed by atoms with van der Waals surface area (Å²) in [5.41, 5.74) is 1.10. The molecule has 0 aliphatic heterocycles. The summed E-state index contributed by atoms with van der Waals surface area (Å²) in [6.45, 7) is 0. The van der Waals surface area contributed by atoms with E-state index in [2.05, 4.69) is 10.3 Å². The molecule has 0 saturated carbocycles. The van der Waals surface area contributed by atoms with Crippen molar-refractivity contribution in [3.05, 3.63) is 75.5 Å². The molecule has 3 rings (SSSR count). The molecule has 0 bridgehead atoms. The van der Waals surface area contributed by atoms with Gasteiger partial charge in [-0.2, -0.15) is 0 Å². The second kappa shape index (κ2) is 7.63. The van der Waals surface area contributed by atoms with Gasteiger partial charge in [0, 0.05) is 22.5 Å². The molecule has 0 fully saturated rings. The monoisotopic (exact) mass is 376 g/mol. The quantitative estimate of drug-likeness (QED) is 0.696. The summed E-state index contributed by atoms with van der Waals surface area (Å²) in [5.74, 6) is -0.689. The molecule has 0 unspecified atom stereocenters. The number of thiazole rings is 1. The van der Waals surface area contributed by atoms with Crippen LogP contribution >= 0.6 is 22.9 Å². The lowest BCUT2D eigenvalue weighted by Crippen LogP contribution is -2.13. The lowest BCUT2D eigenvalue weighted by Gasteiger charge is -2.07. The number of benzene rings is 2. The molecule has 0 aliphatic rings. The normalized spacial score (nSPS) is 10.5. The average molecular weight is 377 g/mol. The second-order valence-corrected chi connectivity index (χ2v) is 6.72. The van der Waals surface area contributed by atoms with Gasteiger partial charge in [-0.25, -0.2) is 9.37 Å². The average Bonchev–Trinajstić information content (AvgIpc) is 3.04. The third kappa shape index (κ3) is 4.15. The van der Waals surface area contributed by atoms with E-state index in [1.807, 2.05) is 24.3 Å². The first-order valence-corrected chi connectivity index (χ1v) is 8.59. The van der Waals surface area contributed by atoms with Gasteiger partial charge < -0.3 is 4.74 Å². The molecule has 1 N–H and O–H groups in total. The number of amides is 1. The van der Waals surface area contributed by atoms with Crippen molar-refractivity contribution in [3.8, 4) is 5.75 Å². The summed E-state index contributed by atoms with van der Waals surface area (Å²) in [7, 11) is 1.43. The third-order valence-electron chi connectivity index (χ3n) is 3.50. The zero-order chi connectivity index (χ0) is 17.8. The molecule has 1 heterocycles. The number of anilines is 1.